The van der Waals surface area contributed by atoms with E-state index in [9.17, 15) is 0 Å². The zero-order chi connectivity index (χ0) is 7.35. The molecule has 0 N–H and O–H groups in total. The Kier molecular flexibility index (Phi) is 1.07. The molecule has 0 aliphatic heterocycles. The Labute approximate surface area is 63.3 Å². The van der Waals surface area contributed by atoms with Crippen molar-refractivity contribution < 1.29 is 0 Å². The maximum absolute atomic E-state index is 2.43. The summed E-state index contributed by atoms with van der Waals surface area (Å²) >= 11 is 0. The lowest BCUT2D eigenvalue weighted by Crippen LogP contribution is -2.47. The molecule has 3 rings (SSSR count). The summed E-state index contributed by atoms with van der Waals surface area (Å²) in [6.45, 7) is 7.13. The molecule has 0 heterocycles. The van der Waals surface area contributed by atoms with E-state index in [0.717, 1.165) is 11.8 Å². The molecule has 0 nitrogen and oxygen atoms in total. The molecule has 3 aliphatic carbocycles. The Balaban J connectivity index is 2.30. The van der Waals surface area contributed by atoms with Crippen molar-refractivity contribution in [2.24, 2.45) is 17.3 Å². The molecular weight excluding hydrogens is 120 g/mol. The summed E-state index contributed by atoms with van der Waals surface area (Å²) in [7, 11) is 0. The molecular formula is C10H16. The van der Waals surface area contributed by atoms with Gasteiger partial charge in [0.05, 0.1) is 0 Å². The minimum Gasteiger partial charge on any atom is -0.0850 e. The van der Waals surface area contributed by atoms with Gasteiger partial charge in [-0.2, -0.15) is 0 Å². The van der Waals surface area contributed by atoms with Gasteiger partial charge in [-0.05, 0) is 37.0 Å². The Hall–Kier alpha value is -0.260. The molecule has 2 atom stereocenters. The molecule has 0 aromatic heterocycles. The normalized spacial score (nSPS) is 42.1. The van der Waals surface area contributed by atoms with Crippen LogP contribution in [0.15, 0.2) is 11.6 Å². The molecule has 3 aliphatic rings. The maximum atomic E-state index is 2.43. The summed E-state index contributed by atoms with van der Waals surface area (Å²) in [4.78, 5) is 0. The van der Waals surface area contributed by atoms with Crippen molar-refractivity contribution in [2.45, 2.75) is 33.6 Å². The van der Waals surface area contributed by atoms with Gasteiger partial charge >= 0.3 is 0 Å². The van der Waals surface area contributed by atoms with Gasteiger partial charge in [0.1, 0.15) is 0 Å². The third kappa shape index (κ3) is 0.574. The van der Waals surface area contributed by atoms with E-state index in [2.05, 4.69) is 26.8 Å². The zero-order valence-electron chi connectivity index (χ0n) is 7.15. The van der Waals surface area contributed by atoms with Crippen molar-refractivity contribution in [1.29, 1.82) is 0 Å². The Bertz CT molecular complexity index is 186. The third-order valence-corrected chi connectivity index (χ3v) is 3.74. The van der Waals surface area contributed by atoms with E-state index >= 15 is 0 Å². The van der Waals surface area contributed by atoms with Gasteiger partial charge in [-0.15, -0.1) is 0 Å². The minimum atomic E-state index is 0.638. The van der Waals surface area contributed by atoms with Gasteiger partial charge in [0, 0.05) is 0 Å². The average molecular weight is 136 g/mol. The van der Waals surface area contributed by atoms with Crippen molar-refractivity contribution in [1.82, 2.24) is 0 Å². The molecule has 2 bridgehead atoms. The molecule has 0 heteroatoms. The number of hydrogen-bond acceptors (Lipinski definition) is 0. The van der Waals surface area contributed by atoms with Crippen LogP contribution in [-0.4, -0.2) is 0 Å². The van der Waals surface area contributed by atoms with E-state index < -0.39 is 0 Å². The van der Waals surface area contributed by atoms with Crippen molar-refractivity contribution in [3.8, 4) is 0 Å². The van der Waals surface area contributed by atoms with Crippen LogP contribution in [0.4, 0.5) is 0 Å². The first-order valence-electron chi connectivity index (χ1n) is 4.29. The smallest absolute Gasteiger partial charge is 0.0149 e. The van der Waals surface area contributed by atoms with Crippen LogP contribution in [-0.2, 0) is 0 Å². The number of rotatable bonds is 0. The lowest BCUT2D eigenvalue weighted by molar-refractivity contribution is -0.00579. The number of hydrogen-bond donors (Lipinski definition) is 0. The van der Waals surface area contributed by atoms with Gasteiger partial charge < -0.3 is 0 Å². The Morgan fingerprint density at radius 3 is 2.50 bits per heavy atom. The first-order chi connectivity index (χ1) is 4.62. The van der Waals surface area contributed by atoms with Crippen LogP contribution in [0.1, 0.15) is 33.6 Å². The second kappa shape index (κ2) is 1.66. The third-order valence-electron chi connectivity index (χ3n) is 3.74. The second-order valence-corrected chi connectivity index (χ2v) is 4.49. The molecule has 0 aromatic carbocycles. The van der Waals surface area contributed by atoms with Crippen LogP contribution >= 0.6 is 0 Å². The molecule has 0 saturated heterocycles. The molecule has 0 radical (unpaired) electrons. The van der Waals surface area contributed by atoms with E-state index in [0.29, 0.717) is 5.41 Å². The first-order valence-corrected chi connectivity index (χ1v) is 4.29. The highest BCUT2D eigenvalue weighted by Crippen LogP contribution is 2.58. The molecule has 0 aromatic rings. The Morgan fingerprint density at radius 1 is 1.50 bits per heavy atom. The molecule has 56 valence electrons. The van der Waals surface area contributed by atoms with Crippen LogP contribution in [0, 0.1) is 17.3 Å². The van der Waals surface area contributed by atoms with E-state index in [-0.39, 0.29) is 0 Å². The summed E-state index contributed by atoms with van der Waals surface area (Å²) in [5.74, 6) is 1.92. The fraction of sp³-hybridized carbons (Fsp3) is 0.800. The largest absolute Gasteiger partial charge is 0.0850 e. The molecule has 0 spiro atoms. The maximum Gasteiger partial charge on any atom is -0.0149 e. The molecule has 1 saturated carbocycles. The molecule has 0 amide bonds. The summed E-state index contributed by atoms with van der Waals surface area (Å²) in [5, 5.41) is 0. The minimum absolute atomic E-state index is 0.638. The zero-order valence-corrected chi connectivity index (χ0v) is 7.15. The van der Waals surface area contributed by atoms with Crippen LogP contribution < -0.4 is 0 Å². The standard InChI is InChI=1S/C10H16/c1-7-4-5-8-6-9(7)10(8,2)3/h4,8-9H,5-6H2,1-3H3/t8-,9?/m0/s1. The van der Waals surface area contributed by atoms with Gasteiger partial charge in [-0.25, -0.2) is 0 Å². The Morgan fingerprint density at radius 2 is 2.20 bits per heavy atom. The topological polar surface area (TPSA) is 0 Å². The fourth-order valence-electron chi connectivity index (χ4n) is 2.66. The van der Waals surface area contributed by atoms with Crippen molar-refractivity contribution in [2.75, 3.05) is 0 Å². The monoisotopic (exact) mass is 136 g/mol. The van der Waals surface area contributed by atoms with Crippen LogP contribution in [0.2, 0.25) is 0 Å². The van der Waals surface area contributed by atoms with Crippen LogP contribution in [0.3, 0.4) is 0 Å². The van der Waals surface area contributed by atoms with Crippen molar-refractivity contribution in [3.05, 3.63) is 11.6 Å². The van der Waals surface area contributed by atoms with E-state index in [4.69, 9.17) is 0 Å². The van der Waals surface area contributed by atoms with Gasteiger partial charge in [0.15, 0.2) is 0 Å². The predicted octanol–water partition coefficient (Wildman–Crippen LogP) is 3.00. The highest BCUT2D eigenvalue weighted by Gasteiger charge is 2.49. The highest BCUT2D eigenvalue weighted by atomic mass is 14.5. The van der Waals surface area contributed by atoms with Crippen LogP contribution in [0.5, 0.6) is 0 Å². The molecule has 1 fully saturated rings. The predicted molar refractivity (Wildman–Crippen MR) is 43.8 cm³/mol. The highest BCUT2D eigenvalue weighted by molar-refractivity contribution is 5.21. The lowest BCUT2D eigenvalue weighted by atomic mass is 9.49. The van der Waals surface area contributed by atoms with Gasteiger partial charge in [-0.1, -0.05) is 25.5 Å². The quantitative estimate of drug-likeness (QED) is 0.449. The number of fused-ring (bicyclic) bond motifs is 1. The SMILES string of the molecule is CC1=CC[C@H]2CC1C2(C)C. The summed E-state index contributed by atoms with van der Waals surface area (Å²) in [5.41, 5.74) is 2.28. The fourth-order valence-corrected chi connectivity index (χ4v) is 2.66. The molecule has 10 heavy (non-hydrogen) atoms. The first kappa shape index (κ1) is 6.45. The van der Waals surface area contributed by atoms with Gasteiger partial charge in [-0.3, -0.25) is 0 Å². The lowest BCUT2D eigenvalue weighted by Gasteiger charge is -2.56. The van der Waals surface area contributed by atoms with Crippen molar-refractivity contribution >= 4 is 0 Å². The van der Waals surface area contributed by atoms with E-state index in [1.807, 2.05) is 0 Å². The van der Waals surface area contributed by atoms with Gasteiger partial charge in [0.25, 0.3) is 0 Å². The summed E-state index contributed by atoms with van der Waals surface area (Å²) < 4.78 is 0. The number of allylic oxidation sites excluding steroid dienone is 2. The molecule has 1 unspecified atom stereocenters. The van der Waals surface area contributed by atoms with E-state index in [1.54, 1.807) is 5.57 Å². The summed E-state index contributed by atoms with van der Waals surface area (Å²) in [6, 6.07) is 0. The van der Waals surface area contributed by atoms with E-state index in [1.165, 1.54) is 12.8 Å². The van der Waals surface area contributed by atoms with Crippen LogP contribution in [0.25, 0.3) is 0 Å². The summed E-state index contributed by atoms with van der Waals surface area (Å²) in [6.07, 6.45) is 5.24. The second-order valence-electron chi connectivity index (χ2n) is 4.49. The average Bonchev–Trinajstić information content (AvgIpc) is 1.87. The van der Waals surface area contributed by atoms with Gasteiger partial charge in [0.2, 0.25) is 0 Å². The van der Waals surface area contributed by atoms with Crippen molar-refractivity contribution in [3.63, 3.8) is 0 Å².